The minimum atomic E-state index is 1.13. The van der Waals surface area contributed by atoms with Crippen molar-refractivity contribution in [3.05, 3.63) is 237 Å². The third-order valence-electron chi connectivity index (χ3n) is 13.1. The second-order valence-electron chi connectivity index (χ2n) is 16.5. The third-order valence-corrected chi connectivity index (χ3v) is 13.1. The van der Waals surface area contributed by atoms with E-state index in [0.717, 1.165) is 28.2 Å². The van der Waals surface area contributed by atoms with Crippen molar-refractivity contribution in [1.82, 2.24) is 13.7 Å². The predicted octanol–water partition coefficient (Wildman–Crippen LogP) is 16.0. The first kappa shape index (κ1) is 35.4. The zero-order chi connectivity index (χ0) is 41.4. The molecule has 0 bridgehead atoms. The van der Waals surface area contributed by atoms with Gasteiger partial charge < -0.3 is 13.7 Å². The first-order chi connectivity index (χ1) is 31.3. The molecule has 294 valence electrons. The van der Waals surface area contributed by atoms with E-state index in [0.29, 0.717) is 0 Å². The molecule has 13 rings (SSSR count). The minimum Gasteiger partial charge on any atom is -0.309 e. The second kappa shape index (κ2) is 14.1. The molecular weight excluding hydrogens is 763 g/mol. The maximum atomic E-state index is 2.49. The summed E-state index contributed by atoms with van der Waals surface area (Å²) in [6.45, 7) is 0. The molecule has 0 radical (unpaired) electrons. The molecule has 0 saturated heterocycles. The Hall–Kier alpha value is -8.40. The summed E-state index contributed by atoms with van der Waals surface area (Å²) in [6.07, 6.45) is 0. The summed E-state index contributed by atoms with van der Waals surface area (Å²) < 4.78 is 7.37. The third kappa shape index (κ3) is 5.46. The van der Waals surface area contributed by atoms with Crippen LogP contribution in [-0.4, -0.2) is 13.7 Å². The van der Waals surface area contributed by atoms with Gasteiger partial charge in [0.05, 0.1) is 44.5 Å². The molecule has 0 fully saturated rings. The van der Waals surface area contributed by atoms with Crippen molar-refractivity contribution in [3.63, 3.8) is 0 Å². The van der Waals surface area contributed by atoms with Crippen LogP contribution in [0, 0.1) is 0 Å². The predicted molar refractivity (Wildman–Crippen MR) is 266 cm³/mol. The fourth-order valence-corrected chi connectivity index (χ4v) is 10.3. The van der Waals surface area contributed by atoms with E-state index in [-0.39, 0.29) is 0 Å². The lowest BCUT2D eigenvalue weighted by atomic mass is 9.99. The van der Waals surface area contributed by atoms with Crippen LogP contribution in [0.5, 0.6) is 0 Å². The number of rotatable bonds is 6. The summed E-state index contributed by atoms with van der Waals surface area (Å²) in [6, 6.07) is 86.6. The van der Waals surface area contributed by atoms with Crippen LogP contribution in [0.25, 0.3) is 116 Å². The van der Waals surface area contributed by atoms with Gasteiger partial charge in [0.2, 0.25) is 0 Å². The first-order valence-corrected chi connectivity index (χ1v) is 21.7. The van der Waals surface area contributed by atoms with Crippen LogP contribution in [0.1, 0.15) is 0 Å². The van der Waals surface area contributed by atoms with Gasteiger partial charge in [0.25, 0.3) is 0 Å². The zero-order valence-electron chi connectivity index (χ0n) is 34.4. The Balaban J connectivity index is 1.09. The largest absolute Gasteiger partial charge is 0.309 e. The molecule has 10 aromatic carbocycles. The topological polar surface area (TPSA) is 14.8 Å². The summed E-state index contributed by atoms with van der Waals surface area (Å²) in [5.41, 5.74) is 17.6. The van der Waals surface area contributed by atoms with Gasteiger partial charge in [-0.05, 0) is 101 Å². The lowest BCUT2D eigenvalue weighted by molar-refractivity contribution is 1.13. The molecule has 3 heteroatoms. The summed E-state index contributed by atoms with van der Waals surface area (Å²) in [7, 11) is 0. The van der Waals surface area contributed by atoms with Gasteiger partial charge in [0, 0.05) is 43.6 Å². The van der Waals surface area contributed by atoms with Crippen LogP contribution in [0.4, 0.5) is 0 Å². The van der Waals surface area contributed by atoms with Crippen molar-refractivity contribution in [2.45, 2.75) is 0 Å². The van der Waals surface area contributed by atoms with Crippen LogP contribution < -0.4 is 0 Å². The molecule has 0 saturated carbocycles. The Morgan fingerprint density at radius 3 is 1.00 bits per heavy atom. The van der Waals surface area contributed by atoms with Gasteiger partial charge >= 0.3 is 0 Å². The average molecular weight is 802 g/mol. The SMILES string of the molecule is c1ccc(-c2ccc3c(c2)c2ccccc2n3-c2cccc(-n3c4ccccc4c4cc(-c5ccccc5)ccc43)c2-c2ccc(-n3c4ccccc4c4ccccc43)cc2)cc1. The summed E-state index contributed by atoms with van der Waals surface area (Å²) in [5.74, 6) is 0. The summed E-state index contributed by atoms with van der Waals surface area (Å²) >= 11 is 0. The number of aromatic nitrogens is 3. The average Bonchev–Trinajstić information content (AvgIpc) is 4.00. The van der Waals surface area contributed by atoms with Crippen LogP contribution in [0.2, 0.25) is 0 Å². The fourth-order valence-electron chi connectivity index (χ4n) is 10.3. The quantitative estimate of drug-likeness (QED) is 0.159. The Labute approximate surface area is 364 Å². The maximum Gasteiger partial charge on any atom is 0.0561 e. The minimum absolute atomic E-state index is 1.13. The van der Waals surface area contributed by atoms with E-state index in [1.54, 1.807) is 0 Å². The van der Waals surface area contributed by atoms with E-state index < -0.39 is 0 Å². The van der Waals surface area contributed by atoms with Crippen LogP contribution in [0.3, 0.4) is 0 Å². The zero-order valence-corrected chi connectivity index (χ0v) is 34.4. The Morgan fingerprint density at radius 2 is 0.556 bits per heavy atom. The highest BCUT2D eigenvalue weighted by Gasteiger charge is 2.23. The molecule has 0 spiro atoms. The molecule has 3 aromatic heterocycles. The Kier molecular flexibility index (Phi) is 7.91. The van der Waals surface area contributed by atoms with Crippen LogP contribution >= 0.6 is 0 Å². The van der Waals surface area contributed by atoms with E-state index in [4.69, 9.17) is 0 Å². The lowest BCUT2D eigenvalue weighted by Gasteiger charge is -2.20. The summed E-state index contributed by atoms with van der Waals surface area (Å²) in [5, 5.41) is 7.44. The van der Waals surface area contributed by atoms with Crippen LogP contribution in [-0.2, 0) is 0 Å². The number of hydrogen-bond acceptors (Lipinski definition) is 0. The summed E-state index contributed by atoms with van der Waals surface area (Å²) in [4.78, 5) is 0. The van der Waals surface area contributed by atoms with Gasteiger partial charge in [-0.15, -0.1) is 0 Å². The highest BCUT2D eigenvalue weighted by atomic mass is 15.0. The molecule has 13 aromatic rings. The van der Waals surface area contributed by atoms with Crippen molar-refractivity contribution >= 4 is 65.4 Å². The molecule has 0 atom stereocenters. The smallest absolute Gasteiger partial charge is 0.0561 e. The normalized spacial score (nSPS) is 11.8. The van der Waals surface area contributed by atoms with E-state index in [1.165, 1.54) is 87.7 Å². The maximum absolute atomic E-state index is 2.49. The molecule has 0 amide bonds. The van der Waals surface area contributed by atoms with E-state index >= 15 is 0 Å². The van der Waals surface area contributed by atoms with E-state index in [9.17, 15) is 0 Å². The standard InChI is InChI=1S/C60H39N3/c1-3-16-40(17-4-1)43-32-36-56-50(38-43)48-22-9-13-26-54(48)62(56)58-28-15-29-59(63-55-27-14-10-23-49(55)51-39-44(33-37-57(51)63)41-18-5-2-6-19-41)60(58)42-30-34-45(35-31-42)61-52-24-11-7-20-46(52)47-21-8-12-25-53(47)61/h1-39H. The van der Waals surface area contributed by atoms with Gasteiger partial charge in [-0.25, -0.2) is 0 Å². The van der Waals surface area contributed by atoms with Crippen molar-refractivity contribution in [1.29, 1.82) is 0 Å². The van der Waals surface area contributed by atoms with E-state index in [1.807, 2.05) is 0 Å². The molecule has 63 heavy (non-hydrogen) atoms. The van der Waals surface area contributed by atoms with Gasteiger partial charge in [0.15, 0.2) is 0 Å². The van der Waals surface area contributed by atoms with Crippen molar-refractivity contribution < 1.29 is 0 Å². The highest BCUT2D eigenvalue weighted by Crippen LogP contribution is 2.44. The van der Waals surface area contributed by atoms with Gasteiger partial charge in [-0.1, -0.05) is 164 Å². The molecular formula is C60H39N3. The lowest BCUT2D eigenvalue weighted by Crippen LogP contribution is -2.04. The molecule has 0 aliphatic heterocycles. The van der Waals surface area contributed by atoms with Crippen LogP contribution in [0.15, 0.2) is 237 Å². The molecule has 3 heterocycles. The highest BCUT2D eigenvalue weighted by molar-refractivity contribution is 6.13. The molecule has 0 unspecified atom stereocenters. The number of para-hydroxylation sites is 4. The van der Waals surface area contributed by atoms with Crippen molar-refractivity contribution in [3.8, 4) is 50.4 Å². The molecule has 0 N–H and O–H groups in total. The second-order valence-corrected chi connectivity index (χ2v) is 16.5. The Bertz CT molecular complexity index is 3660. The van der Waals surface area contributed by atoms with Gasteiger partial charge in [-0.3, -0.25) is 0 Å². The fraction of sp³-hybridized carbons (Fsp3) is 0. The van der Waals surface area contributed by atoms with Crippen molar-refractivity contribution in [2.75, 3.05) is 0 Å². The monoisotopic (exact) mass is 801 g/mol. The number of fused-ring (bicyclic) bond motifs is 9. The number of benzene rings is 10. The first-order valence-electron chi connectivity index (χ1n) is 21.7. The molecule has 0 aliphatic rings. The molecule has 0 aliphatic carbocycles. The number of nitrogens with zero attached hydrogens (tertiary/aromatic N) is 3. The Morgan fingerprint density at radius 1 is 0.206 bits per heavy atom. The van der Waals surface area contributed by atoms with Crippen molar-refractivity contribution in [2.24, 2.45) is 0 Å². The number of hydrogen-bond donors (Lipinski definition) is 0. The van der Waals surface area contributed by atoms with Gasteiger partial charge in [0.1, 0.15) is 0 Å². The van der Waals surface area contributed by atoms with Gasteiger partial charge in [-0.2, -0.15) is 0 Å². The molecule has 3 nitrogen and oxygen atoms in total. The van der Waals surface area contributed by atoms with E-state index in [2.05, 4.69) is 250 Å².